The summed E-state index contributed by atoms with van der Waals surface area (Å²) in [5.41, 5.74) is 2.90. The minimum absolute atomic E-state index is 0.00260. The zero-order valence-corrected chi connectivity index (χ0v) is 29.7. The Hall–Kier alpha value is -4.92. The second kappa shape index (κ2) is 17.7. The topological polar surface area (TPSA) is 112 Å². The molecule has 3 heterocycles. The number of benzene rings is 3. The smallest absolute Gasteiger partial charge is 0.236 e. The lowest BCUT2D eigenvalue weighted by atomic mass is 9.83. The van der Waals surface area contributed by atoms with Gasteiger partial charge in [0.1, 0.15) is 0 Å². The molecule has 9 nitrogen and oxygen atoms in total. The standard InChI is InChI=1S/C16H21NO2.C13H15NO2.C12H13NO2/c1-13-12-17(16(13)19)15(18)11-7-3-6-10-14-8-4-2-5-9-14;1-13(2)9-14(12(13)16)11(15)8-10-6-4-3-5-7-10;1-9-8-13(12(9)15)11(14)7-10-5-3-2-4-6-10/h2,4-5,8-9,13H,3,6-7,10-12H2,1H3;3-7H,8-9H2,1-2H3;2-6,9H,7-8H2,1H3. The van der Waals surface area contributed by atoms with Gasteiger partial charge < -0.3 is 0 Å². The molecule has 0 bridgehead atoms. The van der Waals surface area contributed by atoms with Crippen molar-refractivity contribution in [2.75, 3.05) is 19.6 Å². The van der Waals surface area contributed by atoms with E-state index in [0.29, 0.717) is 38.9 Å². The molecule has 50 heavy (non-hydrogen) atoms. The Morgan fingerprint density at radius 2 is 1.00 bits per heavy atom. The summed E-state index contributed by atoms with van der Waals surface area (Å²) in [7, 11) is 0. The molecule has 0 N–H and O–H groups in total. The van der Waals surface area contributed by atoms with E-state index in [1.165, 1.54) is 20.3 Å². The highest BCUT2D eigenvalue weighted by atomic mass is 16.2. The van der Waals surface area contributed by atoms with E-state index in [1.54, 1.807) is 0 Å². The average molecular weight is 680 g/mol. The van der Waals surface area contributed by atoms with Gasteiger partial charge in [-0.15, -0.1) is 0 Å². The number of likely N-dealkylation sites (tertiary alicyclic amines) is 3. The fourth-order valence-electron chi connectivity index (χ4n) is 5.94. The summed E-state index contributed by atoms with van der Waals surface area (Å²) in [5, 5.41) is 0. The first-order valence-electron chi connectivity index (χ1n) is 17.5. The van der Waals surface area contributed by atoms with Gasteiger partial charge in [0.15, 0.2) is 0 Å². The number of rotatable bonds is 10. The minimum Gasteiger partial charge on any atom is -0.282 e. The van der Waals surface area contributed by atoms with E-state index in [4.69, 9.17) is 0 Å². The van der Waals surface area contributed by atoms with Gasteiger partial charge in [-0.3, -0.25) is 43.5 Å². The van der Waals surface area contributed by atoms with Gasteiger partial charge in [0, 0.05) is 26.1 Å². The van der Waals surface area contributed by atoms with Gasteiger partial charge in [0.05, 0.1) is 30.1 Å². The quantitative estimate of drug-likeness (QED) is 0.202. The molecule has 3 aliphatic heterocycles. The van der Waals surface area contributed by atoms with Crippen molar-refractivity contribution in [1.29, 1.82) is 0 Å². The Kier molecular flexibility index (Phi) is 13.4. The number of imide groups is 3. The molecule has 3 fully saturated rings. The molecule has 2 atom stereocenters. The summed E-state index contributed by atoms with van der Waals surface area (Å²) in [5.74, 6) is -0.243. The number of carbonyl (C=O) groups excluding carboxylic acids is 6. The molecule has 6 rings (SSSR count). The maximum atomic E-state index is 11.8. The maximum Gasteiger partial charge on any atom is 0.236 e. The van der Waals surface area contributed by atoms with Gasteiger partial charge in [-0.05, 0) is 49.8 Å². The van der Waals surface area contributed by atoms with E-state index in [-0.39, 0.29) is 52.7 Å². The second-order valence-electron chi connectivity index (χ2n) is 14.0. The van der Waals surface area contributed by atoms with Crippen LogP contribution in [-0.2, 0) is 48.0 Å². The lowest BCUT2D eigenvalue weighted by Gasteiger charge is -2.42. The van der Waals surface area contributed by atoms with E-state index >= 15 is 0 Å². The van der Waals surface area contributed by atoms with Crippen LogP contribution in [0.15, 0.2) is 91.0 Å². The summed E-state index contributed by atoms with van der Waals surface area (Å²) in [6, 6.07) is 29.4. The van der Waals surface area contributed by atoms with Crippen LogP contribution in [0, 0.1) is 17.3 Å². The van der Waals surface area contributed by atoms with Crippen molar-refractivity contribution in [3.63, 3.8) is 0 Å². The highest BCUT2D eigenvalue weighted by Gasteiger charge is 2.47. The molecule has 0 aliphatic carbocycles. The predicted octanol–water partition coefficient (Wildman–Crippen LogP) is 5.65. The van der Waals surface area contributed by atoms with Crippen LogP contribution in [0.3, 0.4) is 0 Å². The molecule has 0 radical (unpaired) electrons. The van der Waals surface area contributed by atoms with Crippen molar-refractivity contribution < 1.29 is 28.8 Å². The van der Waals surface area contributed by atoms with Crippen LogP contribution in [0.5, 0.6) is 0 Å². The molecule has 3 aromatic carbocycles. The van der Waals surface area contributed by atoms with E-state index in [0.717, 1.165) is 36.8 Å². The number of carbonyl (C=O) groups is 6. The third-order valence-corrected chi connectivity index (χ3v) is 9.16. The predicted molar refractivity (Wildman–Crippen MR) is 191 cm³/mol. The first-order chi connectivity index (χ1) is 23.9. The Balaban J connectivity index is 0.000000170. The highest BCUT2D eigenvalue weighted by molar-refractivity contribution is 6.03. The normalized spacial score (nSPS) is 18.7. The van der Waals surface area contributed by atoms with E-state index < -0.39 is 0 Å². The fraction of sp³-hybridized carbons (Fsp3) is 0.415. The number of aryl methyl sites for hydroxylation is 1. The molecule has 0 spiro atoms. The summed E-state index contributed by atoms with van der Waals surface area (Å²) in [4.78, 5) is 73.5. The number of hydrogen-bond acceptors (Lipinski definition) is 6. The number of nitrogens with zero attached hydrogens (tertiary/aromatic N) is 3. The Morgan fingerprint density at radius 1 is 0.580 bits per heavy atom. The molecular formula is C41H49N3O6. The molecule has 3 aromatic rings. The van der Waals surface area contributed by atoms with Crippen LogP contribution in [0.1, 0.15) is 70.1 Å². The van der Waals surface area contributed by atoms with Crippen molar-refractivity contribution in [2.24, 2.45) is 17.3 Å². The Morgan fingerprint density at radius 3 is 1.40 bits per heavy atom. The SMILES string of the molecule is CC1(C)CN(C(=O)Cc2ccccc2)C1=O.CC1CN(C(=O)CCCCCc2ccccc2)C1=O.CC1CN(C(=O)Cc2ccccc2)C1=O. The highest BCUT2D eigenvalue weighted by Crippen LogP contribution is 2.31. The van der Waals surface area contributed by atoms with Gasteiger partial charge in [-0.25, -0.2) is 0 Å². The molecule has 6 amide bonds. The van der Waals surface area contributed by atoms with Gasteiger partial charge in [-0.1, -0.05) is 111 Å². The molecule has 3 aliphatic rings. The first-order valence-corrected chi connectivity index (χ1v) is 17.5. The molecular weight excluding hydrogens is 630 g/mol. The van der Waals surface area contributed by atoms with Gasteiger partial charge >= 0.3 is 0 Å². The molecule has 3 saturated heterocycles. The zero-order valence-electron chi connectivity index (χ0n) is 29.7. The number of hydrogen-bond donors (Lipinski definition) is 0. The van der Waals surface area contributed by atoms with Crippen LogP contribution >= 0.6 is 0 Å². The largest absolute Gasteiger partial charge is 0.282 e. The van der Waals surface area contributed by atoms with Crippen molar-refractivity contribution >= 4 is 35.4 Å². The third kappa shape index (κ3) is 10.3. The van der Waals surface area contributed by atoms with E-state index in [2.05, 4.69) is 24.3 Å². The second-order valence-corrected chi connectivity index (χ2v) is 14.0. The van der Waals surface area contributed by atoms with E-state index in [1.807, 2.05) is 94.4 Å². The third-order valence-electron chi connectivity index (χ3n) is 9.16. The average Bonchev–Trinajstić information content (AvgIpc) is 3.12. The number of unbranched alkanes of at least 4 members (excludes halogenated alkanes) is 2. The molecule has 9 heteroatoms. The van der Waals surface area contributed by atoms with Gasteiger partial charge in [0.2, 0.25) is 35.4 Å². The molecule has 2 unspecified atom stereocenters. The Bertz CT molecular complexity index is 1640. The van der Waals surface area contributed by atoms with Crippen molar-refractivity contribution in [3.8, 4) is 0 Å². The van der Waals surface area contributed by atoms with Crippen LogP contribution in [-0.4, -0.2) is 69.8 Å². The van der Waals surface area contributed by atoms with Crippen molar-refractivity contribution in [3.05, 3.63) is 108 Å². The van der Waals surface area contributed by atoms with Crippen molar-refractivity contribution in [2.45, 2.75) is 72.6 Å². The maximum absolute atomic E-state index is 11.8. The van der Waals surface area contributed by atoms with E-state index in [9.17, 15) is 28.8 Å². The fourth-order valence-corrected chi connectivity index (χ4v) is 5.94. The minimum atomic E-state index is -0.355. The lowest BCUT2D eigenvalue weighted by Crippen LogP contribution is -2.60. The molecule has 264 valence electrons. The summed E-state index contributed by atoms with van der Waals surface area (Å²) < 4.78 is 0. The van der Waals surface area contributed by atoms with Crippen LogP contribution < -0.4 is 0 Å². The Labute approximate surface area is 295 Å². The summed E-state index contributed by atoms with van der Waals surface area (Å²) in [6.45, 7) is 9.16. The zero-order chi connectivity index (χ0) is 36.3. The lowest BCUT2D eigenvalue weighted by molar-refractivity contribution is -0.165. The van der Waals surface area contributed by atoms with Gasteiger partial charge in [-0.2, -0.15) is 0 Å². The van der Waals surface area contributed by atoms with Crippen LogP contribution in [0.4, 0.5) is 0 Å². The number of β-lactam (4-membered cyclic amide) rings is 3. The van der Waals surface area contributed by atoms with Crippen LogP contribution in [0.25, 0.3) is 0 Å². The summed E-state index contributed by atoms with van der Waals surface area (Å²) in [6.07, 6.45) is 5.22. The molecule has 0 saturated carbocycles. The van der Waals surface area contributed by atoms with Crippen molar-refractivity contribution in [1.82, 2.24) is 14.7 Å². The molecule has 0 aromatic heterocycles. The number of amides is 6. The first kappa shape index (κ1) is 37.9. The van der Waals surface area contributed by atoms with Gasteiger partial charge in [0.25, 0.3) is 0 Å². The summed E-state index contributed by atoms with van der Waals surface area (Å²) >= 11 is 0. The monoisotopic (exact) mass is 679 g/mol. The van der Waals surface area contributed by atoms with Crippen LogP contribution in [0.2, 0.25) is 0 Å².